The van der Waals surface area contributed by atoms with Crippen molar-refractivity contribution in [2.45, 2.75) is 44.0 Å². The number of hydrogen-bond acceptors (Lipinski definition) is 8. The number of primary amides is 1. The van der Waals surface area contributed by atoms with Crippen molar-refractivity contribution in [3.05, 3.63) is 0 Å². The molecule has 0 bridgehead atoms. The summed E-state index contributed by atoms with van der Waals surface area (Å²) in [4.78, 5) is 57.7. The molecule has 0 aromatic carbocycles. The van der Waals surface area contributed by atoms with E-state index in [1.54, 1.807) is 0 Å². The number of carbonyl (C=O) groups excluding carboxylic acids is 4. The first-order valence-electron chi connectivity index (χ1n) is 7.93. The molecule has 0 saturated heterocycles. The largest absolute Gasteiger partial charge is 0.480 e. The highest BCUT2D eigenvalue weighted by Gasteiger charge is 2.32. The number of carbonyl (C=O) groups is 5. The Morgan fingerprint density at radius 3 is 2.00 bits per heavy atom. The van der Waals surface area contributed by atoms with Crippen molar-refractivity contribution in [2.24, 2.45) is 11.5 Å². The summed E-state index contributed by atoms with van der Waals surface area (Å²) < 4.78 is 0. The van der Waals surface area contributed by atoms with Gasteiger partial charge < -0.3 is 42.7 Å². The first-order valence-corrected chi connectivity index (χ1v) is 7.93. The summed E-state index contributed by atoms with van der Waals surface area (Å²) in [5.41, 5.74) is 10.2. The van der Waals surface area contributed by atoms with Crippen molar-refractivity contribution in [1.82, 2.24) is 16.0 Å². The average Bonchev–Trinajstić information content (AvgIpc) is 2.59. The van der Waals surface area contributed by atoms with Gasteiger partial charge >= 0.3 is 5.97 Å². The molecule has 0 aliphatic carbocycles. The zero-order chi connectivity index (χ0) is 21.1. The molecule has 0 aromatic rings. The fourth-order valence-corrected chi connectivity index (χ4v) is 1.91. The fourth-order valence-electron chi connectivity index (χ4n) is 1.91. The topological polar surface area (TPSA) is 234 Å². The highest BCUT2D eigenvalue weighted by Crippen LogP contribution is 2.01. The Morgan fingerprint density at radius 1 is 1.00 bits per heavy atom. The molecule has 10 N–H and O–H groups in total. The van der Waals surface area contributed by atoms with Crippen molar-refractivity contribution in [3.63, 3.8) is 0 Å². The van der Waals surface area contributed by atoms with Gasteiger partial charge in [-0.15, -0.1) is 0 Å². The van der Waals surface area contributed by atoms with Crippen LogP contribution in [0.25, 0.3) is 0 Å². The number of aliphatic hydroxyl groups is 2. The number of aliphatic carboxylic acids is 1. The Bertz CT molecular complexity index is 568. The molecule has 0 radical (unpaired) electrons. The molecule has 0 aliphatic rings. The minimum atomic E-state index is -1.64. The number of hydrogen-bond donors (Lipinski definition) is 8. The van der Waals surface area contributed by atoms with Crippen LogP contribution < -0.4 is 27.4 Å². The van der Waals surface area contributed by atoms with E-state index in [2.05, 4.69) is 10.6 Å². The molecule has 0 aromatic heterocycles. The summed E-state index contributed by atoms with van der Waals surface area (Å²) in [6.45, 7) is -0.178. The number of rotatable bonds is 12. The molecule has 0 heterocycles. The van der Waals surface area contributed by atoms with Crippen LogP contribution in [0.4, 0.5) is 0 Å². The third-order valence-corrected chi connectivity index (χ3v) is 3.38. The van der Waals surface area contributed by atoms with Crippen molar-refractivity contribution in [2.75, 3.05) is 13.2 Å². The normalized spacial score (nSPS) is 15.0. The Kier molecular flexibility index (Phi) is 10.6. The third kappa shape index (κ3) is 8.94. The van der Waals surface area contributed by atoms with Crippen LogP contribution in [-0.4, -0.2) is 82.3 Å². The fraction of sp³-hybridized carbons (Fsp3) is 0.643. The van der Waals surface area contributed by atoms with Gasteiger partial charge in [0.1, 0.15) is 18.1 Å². The number of aliphatic hydroxyl groups excluding tert-OH is 2. The summed E-state index contributed by atoms with van der Waals surface area (Å²) in [6.07, 6.45) is -1.88. The van der Waals surface area contributed by atoms with E-state index in [1.807, 2.05) is 5.32 Å². The van der Waals surface area contributed by atoms with Crippen molar-refractivity contribution < 1.29 is 39.3 Å². The quantitative estimate of drug-likeness (QED) is 0.159. The Balaban J connectivity index is 5.21. The maximum Gasteiger partial charge on any atom is 0.328 e. The van der Waals surface area contributed by atoms with Crippen molar-refractivity contribution in [3.8, 4) is 0 Å². The molecular weight excluding hydrogens is 366 g/mol. The van der Waals surface area contributed by atoms with Gasteiger partial charge in [-0.1, -0.05) is 0 Å². The van der Waals surface area contributed by atoms with Gasteiger partial charge in [-0.25, -0.2) is 4.79 Å². The predicted octanol–water partition coefficient (Wildman–Crippen LogP) is -4.88. The predicted molar refractivity (Wildman–Crippen MR) is 89.7 cm³/mol. The van der Waals surface area contributed by atoms with Crippen molar-refractivity contribution >= 4 is 29.6 Å². The number of carboxylic acid groups (broad SMARTS) is 1. The third-order valence-electron chi connectivity index (χ3n) is 3.38. The van der Waals surface area contributed by atoms with Gasteiger partial charge in [0.15, 0.2) is 0 Å². The highest BCUT2D eigenvalue weighted by atomic mass is 16.4. The minimum absolute atomic E-state index is 0.185. The van der Waals surface area contributed by atoms with Crippen LogP contribution in [0.3, 0.4) is 0 Å². The zero-order valence-corrected chi connectivity index (χ0v) is 14.7. The van der Waals surface area contributed by atoms with Crippen LogP contribution in [0.5, 0.6) is 0 Å². The van der Waals surface area contributed by atoms with E-state index in [4.69, 9.17) is 21.7 Å². The lowest BCUT2D eigenvalue weighted by Gasteiger charge is -2.25. The van der Waals surface area contributed by atoms with Gasteiger partial charge in [-0.2, -0.15) is 0 Å². The Labute approximate surface area is 154 Å². The van der Waals surface area contributed by atoms with E-state index in [1.165, 1.54) is 0 Å². The molecule has 4 amide bonds. The lowest BCUT2D eigenvalue weighted by atomic mass is 10.1. The van der Waals surface area contributed by atoms with E-state index < -0.39 is 67.0 Å². The van der Waals surface area contributed by atoms with Gasteiger partial charge in [0.2, 0.25) is 23.6 Å². The van der Waals surface area contributed by atoms with Gasteiger partial charge in [-0.05, 0) is 13.3 Å². The monoisotopic (exact) mass is 391 g/mol. The van der Waals surface area contributed by atoms with Crippen molar-refractivity contribution in [1.29, 1.82) is 0 Å². The van der Waals surface area contributed by atoms with E-state index in [-0.39, 0.29) is 12.8 Å². The molecular formula is C14H25N5O8. The summed E-state index contributed by atoms with van der Waals surface area (Å²) in [7, 11) is 0. The second-order valence-electron chi connectivity index (χ2n) is 5.64. The first kappa shape index (κ1) is 24.2. The lowest BCUT2D eigenvalue weighted by molar-refractivity contribution is -0.144. The van der Waals surface area contributed by atoms with Gasteiger partial charge in [0, 0.05) is 6.42 Å². The van der Waals surface area contributed by atoms with E-state index >= 15 is 0 Å². The molecule has 13 heteroatoms. The SMILES string of the molecule is CC(O)C(NC(=O)C(CCC(N)=O)NC(=O)CN)C(=O)NC(CO)C(=O)O. The van der Waals surface area contributed by atoms with Gasteiger partial charge in [0.05, 0.1) is 19.3 Å². The second kappa shape index (κ2) is 11.8. The molecule has 4 atom stereocenters. The number of nitrogens with one attached hydrogen (secondary N) is 3. The molecule has 27 heavy (non-hydrogen) atoms. The maximum atomic E-state index is 12.3. The maximum absolute atomic E-state index is 12.3. The van der Waals surface area contributed by atoms with Gasteiger partial charge in [-0.3, -0.25) is 19.2 Å². The standard InChI is InChI=1S/C14H25N5O8/c1-6(21)11(13(25)18-8(5-20)14(26)27)19-12(24)7(2-3-9(16)22)17-10(23)4-15/h6-8,11,20-21H,2-5,15H2,1H3,(H2,16,22)(H,17,23)(H,18,25)(H,19,24)(H,26,27). The van der Waals surface area contributed by atoms with Crippen LogP contribution in [0.1, 0.15) is 19.8 Å². The summed E-state index contributed by atoms with van der Waals surface area (Å²) in [5, 5.41) is 33.8. The number of nitrogens with two attached hydrogens (primary N) is 2. The minimum Gasteiger partial charge on any atom is -0.480 e. The van der Waals surface area contributed by atoms with Crippen LogP contribution in [-0.2, 0) is 24.0 Å². The molecule has 4 unspecified atom stereocenters. The molecule has 0 aliphatic heterocycles. The smallest absolute Gasteiger partial charge is 0.328 e. The molecule has 13 nitrogen and oxygen atoms in total. The van der Waals surface area contributed by atoms with Crippen LogP contribution in [0, 0.1) is 0 Å². The average molecular weight is 391 g/mol. The molecule has 0 saturated carbocycles. The number of carboxylic acids is 1. The Morgan fingerprint density at radius 2 is 1.59 bits per heavy atom. The number of amides is 4. The zero-order valence-electron chi connectivity index (χ0n) is 14.7. The Hall–Kier alpha value is -2.77. The van der Waals surface area contributed by atoms with Crippen LogP contribution in [0.15, 0.2) is 0 Å². The molecule has 154 valence electrons. The first-order chi connectivity index (χ1) is 12.5. The lowest BCUT2D eigenvalue weighted by Crippen LogP contribution is -2.59. The summed E-state index contributed by atoms with van der Waals surface area (Å²) in [5.74, 6) is -4.94. The molecule has 0 rings (SSSR count). The summed E-state index contributed by atoms with van der Waals surface area (Å²) >= 11 is 0. The van der Waals surface area contributed by atoms with Crippen LogP contribution >= 0.6 is 0 Å². The van der Waals surface area contributed by atoms with E-state index in [0.717, 1.165) is 6.92 Å². The van der Waals surface area contributed by atoms with Gasteiger partial charge in [0.25, 0.3) is 0 Å². The second-order valence-corrected chi connectivity index (χ2v) is 5.64. The molecule has 0 fully saturated rings. The summed E-state index contributed by atoms with van der Waals surface area (Å²) in [6, 6.07) is -4.49. The highest BCUT2D eigenvalue weighted by molar-refractivity contribution is 5.94. The van der Waals surface area contributed by atoms with Crippen LogP contribution in [0.2, 0.25) is 0 Å². The van der Waals surface area contributed by atoms with E-state index in [9.17, 15) is 29.1 Å². The molecule has 0 spiro atoms. The van der Waals surface area contributed by atoms with E-state index in [0.29, 0.717) is 0 Å².